The average molecular weight is 2280 g/mol. The van der Waals surface area contributed by atoms with E-state index < -0.39 is 11.9 Å². The van der Waals surface area contributed by atoms with Crippen LogP contribution < -0.4 is 53.2 Å². The van der Waals surface area contributed by atoms with Gasteiger partial charge in [0.1, 0.15) is 4.60 Å². The Hall–Kier alpha value is -14.1. The molecule has 0 atom stereocenters. The van der Waals surface area contributed by atoms with Gasteiger partial charge in [-0.1, -0.05) is 169 Å². The summed E-state index contributed by atoms with van der Waals surface area (Å²) in [5.74, 6) is -2.63. The van der Waals surface area contributed by atoms with Crippen molar-refractivity contribution >= 4 is 209 Å². The number of ether oxygens (including phenoxy) is 2. The van der Waals surface area contributed by atoms with Crippen LogP contribution in [-0.2, 0) is 35.7 Å². The van der Waals surface area contributed by atoms with Gasteiger partial charge in [0.2, 0.25) is 0 Å². The Morgan fingerprint density at radius 1 is 0.369 bits per heavy atom. The quantitative estimate of drug-likeness (QED) is 0.0370. The van der Waals surface area contributed by atoms with Crippen molar-refractivity contribution in [2.45, 2.75) is 53.9 Å². The zero-order valence-corrected chi connectivity index (χ0v) is 89.3. The third-order valence-corrected chi connectivity index (χ3v) is 28.4. The van der Waals surface area contributed by atoms with Gasteiger partial charge in [-0.15, -0.1) is 0 Å². The highest BCUT2D eigenvalue weighted by Gasteiger charge is 2.24. The molecule has 2 fully saturated rings. The summed E-state index contributed by atoms with van der Waals surface area (Å²) in [6.45, 7) is 14.3. The summed E-state index contributed by atoms with van der Waals surface area (Å²) in [6, 6.07) is 75.1. The number of anilines is 2. The molecule has 0 bridgehead atoms. The number of carboxylic acid groups (broad SMARTS) is 2. The molecule has 36 heteroatoms. The number of carbonyl (C=O) groups excluding carboxylic acids is 3. The first-order valence-corrected chi connectivity index (χ1v) is 51.0. The van der Waals surface area contributed by atoms with E-state index in [1.54, 1.807) is 177 Å². The highest BCUT2D eigenvalue weighted by Crippen LogP contribution is 2.36. The van der Waals surface area contributed by atoms with Gasteiger partial charge in [-0.25, -0.2) is 14.6 Å². The average Bonchev–Trinajstić information content (AvgIpc) is 1.72. The van der Waals surface area contributed by atoms with Crippen molar-refractivity contribution in [2.24, 2.45) is 5.73 Å². The SMILES string of the molecule is Cc1cccc(-n2cc(CN)c(=O)c3ccc(Cl)cc32)c1Cl.Cc1cccc(-n2cc(CNC(=O)c3ccc(-c4cn[nH]c4)cc3)c(=O)c3ccc(Cl)cc32)c1Cl.Cc1cccc(-n2cc(CNC(=O)c3ccc(Br)cc3)c(=O)c3ccc(Cl)cc32)c1Cl.Cc1cccc(-n2cc(CNC(=O)c3ccc(N4CCOCC4)cc3)c(=O)c3ccc(Cl)cc32)c1Cl.O=C(O)c1ccc(Br)nc1.O=C(O)c1ccc(N2CCOCC2)cc1. The van der Waals surface area contributed by atoms with Crippen LogP contribution in [0.1, 0.15) is 96.3 Å². The number of aromatic carboxylic acids is 2. The van der Waals surface area contributed by atoms with Gasteiger partial charge >= 0.3 is 11.9 Å². The molecule has 8 N–H and O–H groups in total. The second-order valence-corrected chi connectivity index (χ2v) is 39.3. The van der Waals surface area contributed by atoms with Crippen molar-refractivity contribution in [3.05, 3.63) is 461 Å². The molecule has 149 heavy (non-hydrogen) atoms. The standard InChI is InChI=1S/C28H25Cl2N3O3.C27H20Cl2N4O2.C24H17BrCl2N2O2.C17H14Cl2N2O.C11H13NO3.C6H4BrNO2/c1-18-3-2-4-24(26(18)30)33-17-20(27(34)23-10-7-21(29)15-25(23)33)16-31-28(35)19-5-8-22(9-6-19)32-11-13-36-14-12-32;1-16-3-2-4-23(25(16)29)33-15-20(26(34)22-10-9-21(28)11-24(22)33)12-30-27(35)18-7-5-17(6-8-18)19-13-31-32-14-19;1-14-3-2-4-20(22(14)27)29-13-16(23(30)19-10-9-18(26)11-21(19)29)12-28-24(31)15-5-7-17(25)8-6-15;1-10-3-2-4-14(16(10)19)21-9-11(8-20)17(22)13-6-5-12(18)7-15(13)21;13-11(14)9-1-3-10(4-2-9)12-5-7-15-8-6-12;7-5-2-1-4(3-8-5)6(9)10/h2-10,15,17H,11-14,16H2,1H3,(H,31,35);2-11,13-15H,12H2,1H3,(H,30,35)(H,31,32);2-11,13H,12H2,1H3,(H,28,31);2-7,9H,8,20H2,1H3;1-4H,5-8H2,(H,13,14);1-3H,(H,9,10). The fourth-order valence-electron chi connectivity index (χ4n) is 16.4. The van der Waals surface area contributed by atoms with Crippen molar-refractivity contribution in [3.63, 3.8) is 0 Å². The van der Waals surface area contributed by atoms with Crippen molar-refractivity contribution in [2.75, 3.05) is 62.4 Å². The summed E-state index contributed by atoms with van der Waals surface area (Å²) in [5.41, 5.74) is 22.4. The number of nitrogens with two attached hydrogens (primary N) is 1. The van der Waals surface area contributed by atoms with Gasteiger partial charge in [-0.05, 0) is 266 Å². The Kier molecular flexibility index (Phi) is 36.8. The molecule has 2 aliphatic heterocycles. The number of aromatic amines is 1. The first-order chi connectivity index (χ1) is 71.7. The summed E-state index contributed by atoms with van der Waals surface area (Å²) in [4.78, 5) is 119. The molecule has 0 spiro atoms. The fraction of sp³-hybridized carbons (Fsp3) is 0.142. The zero-order chi connectivity index (χ0) is 106. The molecule has 758 valence electrons. The molecular formula is C113H93Br2Cl8N13O13. The molecule has 0 unspecified atom stereocenters. The molecule has 0 aliphatic carbocycles. The predicted molar refractivity (Wildman–Crippen MR) is 602 cm³/mol. The van der Waals surface area contributed by atoms with Crippen LogP contribution in [0, 0.1) is 27.7 Å². The number of carbonyl (C=O) groups is 5. The minimum atomic E-state index is -0.958. The van der Waals surface area contributed by atoms with Gasteiger partial charge in [0.15, 0.2) is 21.7 Å². The molecular weight excluding hydrogens is 2190 g/mol. The first-order valence-electron chi connectivity index (χ1n) is 46.4. The molecule has 0 radical (unpaired) electrons. The lowest BCUT2D eigenvalue weighted by Crippen LogP contribution is -2.36. The Balaban J connectivity index is 0.000000139. The number of hydrogen-bond donors (Lipinski definition) is 7. The summed E-state index contributed by atoms with van der Waals surface area (Å²) in [6.07, 6.45) is 11.7. The lowest BCUT2D eigenvalue weighted by molar-refractivity contribution is 0.0686. The van der Waals surface area contributed by atoms with Crippen LogP contribution in [0.3, 0.4) is 0 Å². The van der Waals surface area contributed by atoms with Crippen molar-refractivity contribution in [1.82, 2.24) is 49.4 Å². The molecule has 26 nitrogen and oxygen atoms in total. The molecule has 2 saturated heterocycles. The van der Waals surface area contributed by atoms with Gasteiger partial charge in [0, 0.05) is 192 Å². The van der Waals surface area contributed by atoms with Crippen LogP contribution in [0.25, 0.3) is 77.5 Å². The number of rotatable bonds is 19. The number of fused-ring (bicyclic) bond motifs is 4. The smallest absolute Gasteiger partial charge is 0.337 e. The monoisotopic (exact) mass is 2280 g/mol. The third-order valence-electron chi connectivity index (χ3n) is 24.5. The van der Waals surface area contributed by atoms with Crippen LogP contribution >= 0.6 is 125 Å². The van der Waals surface area contributed by atoms with Crippen LogP contribution in [0.4, 0.5) is 11.4 Å². The maximum Gasteiger partial charge on any atom is 0.337 e. The lowest BCUT2D eigenvalue weighted by Gasteiger charge is -2.28. The van der Waals surface area contributed by atoms with E-state index in [0.717, 1.165) is 111 Å². The topological polar surface area (TPSA) is 342 Å². The summed E-state index contributed by atoms with van der Waals surface area (Å²) < 4.78 is 19.6. The number of halogens is 10. The van der Waals surface area contributed by atoms with Crippen molar-refractivity contribution in [1.29, 1.82) is 0 Å². The number of benzene rings is 12. The molecule has 18 aromatic rings. The largest absolute Gasteiger partial charge is 0.478 e. The Bertz CT molecular complexity index is 8320. The fourth-order valence-corrected chi connectivity index (χ4v) is 18.5. The zero-order valence-electron chi connectivity index (χ0n) is 80.1. The van der Waals surface area contributed by atoms with E-state index in [2.05, 4.69) is 72.8 Å². The highest BCUT2D eigenvalue weighted by atomic mass is 79.9. The molecule has 3 amide bonds. The second kappa shape index (κ2) is 50.3. The van der Waals surface area contributed by atoms with Crippen molar-refractivity contribution < 1.29 is 43.7 Å². The third kappa shape index (κ3) is 26.6. The number of pyridine rings is 5. The van der Waals surface area contributed by atoms with E-state index in [1.807, 2.05) is 155 Å². The van der Waals surface area contributed by atoms with Crippen LogP contribution in [0.5, 0.6) is 0 Å². The predicted octanol–water partition coefficient (Wildman–Crippen LogP) is 24.4. The highest BCUT2D eigenvalue weighted by molar-refractivity contribution is 9.10. The van der Waals surface area contributed by atoms with Crippen LogP contribution in [0.2, 0.25) is 40.2 Å². The number of hydrogen-bond acceptors (Lipinski definition) is 16. The van der Waals surface area contributed by atoms with Gasteiger partial charge < -0.3 is 69.4 Å². The maximum absolute atomic E-state index is 13.3. The number of nitrogens with one attached hydrogen (secondary N) is 4. The summed E-state index contributed by atoms with van der Waals surface area (Å²) >= 11 is 57.5. The maximum atomic E-state index is 13.3. The summed E-state index contributed by atoms with van der Waals surface area (Å²) in [7, 11) is 0. The molecule has 12 aromatic carbocycles. The number of aromatic nitrogens is 7. The van der Waals surface area contributed by atoms with E-state index in [1.165, 1.54) is 12.3 Å². The van der Waals surface area contributed by atoms with Gasteiger partial charge in [-0.3, -0.25) is 38.7 Å². The molecule has 20 rings (SSSR count). The number of nitrogens with zero attached hydrogens (tertiary/aromatic N) is 8. The minimum Gasteiger partial charge on any atom is -0.478 e. The second-order valence-electron chi connectivity index (χ2n) is 34.3. The van der Waals surface area contributed by atoms with Gasteiger partial charge in [-0.2, -0.15) is 5.10 Å². The molecule has 0 saturated carbocycles. The number of carboxylic acids is 2. The van der Waals surface area contributed by atoms with Crippen LogP contribution in [-0.4, -0.2) is 126 Å². The Morgan fingerprint density at radius 2 is 0.671 bits per heavy atom. The summed E-state index contributed by atoms with van der Waals surface area (Å²) in [5, 5.41) is 39.0. The van der Waals surface area contributed by atoms with E-state index in [0.29, 0.717) is 146 Å². The van der Waals surface area contributed by atoms with Gasteiger partial charge in [0.05, 0.1) is 109 Å². The van der Waals surface area contributed by atoms with Gasteiger partial charge in [0.25, 0.3) is 17.7 Å². The van der Waals surface area contributed by atoms with E-state index >= 15 is 0 Å². The number of H-pyrrole nitrogens is 1. The van der Waals surface area contributed by atoms with E-state index in [9.17, 15) is 43.2 Å². The number of amides is 3. The van der Waals surface area contributed by atoms with Crippen molar-refractivity contribution in [3.8, 4) is 33.9 Å². The van der Waals surface area contributed by atoms with E-state index in [-0.39, 0.29) is 71.2 Å². The minimum absolute atomic E-state index is 0.0587. The Labute approximate surface area is 911 Å². The van der Waals surface area contributed by atoms with Crippen LogP contribution in [0.15, 0.2) is 326 Å². The number of aryl methyl sites for hydroxylation is 4. The molecule has 2 aliphatic rings. The normalized spacial score (nSPS) is 12.1. The first kappa shape index (κ1) is 109. The molecule has 8 heterocycles. The lowest BCUT2D eigenvalue weighted by atomic mass is 10.1. The van der Waals surface area contributed by atoms with E-state index in [4.69, 9.17) is 118 Å². The molecule has 6 aromatic heterocycles. The Morgan fingerprint density at radius 3 is 0.973 bits per heavy atom. The number of morpholine rings is 2.